The predicted molar refractivity (Wildman–Crippen MR) is 125 cm³/mol. The lowest BCUT2D eigenvalue weighted by Crippen LogP contribution is -2.52. The lowest BCUT2D eigenvalue weighted by molar-refractivity contribution is -0.132. The maximum atomic E-state index is 12.5. The highest BCUT2D eigenvalue weighted by atomic mass is 16.3. The summed E-state index contributed by atoms with van der Waals surface area (Å²) in [6.45, 7) is 12.7. The highest BCUT2D eigenvalue weighted by molar-refractivity contribution is 5.78. The van der Waals surface area contributed by atoms with Crippen LogP contribution in [0.15, 0.2) is 0 Å². The lowest BCUT2D eigenvalue weighted by atomic mass is 10.2. The van der Waals surface area contributed by atoms with Crippen molar-refractivity contribution in [2.75, 3.05) is 107 Å². The van der Waals surface area contributed by atoms with Crippen molar-refractivity contribution >= 4 is 11.8 Å². The highest BCUT2D eigenvalue weighted by Crippen LogP contribution is 2.07. The Hall–Kier alpha value is -1.26. The van der Waals surface area contributed by atoms with Crippen molar-refractivity contribution in [2.45, 2.75) is 26.3 Å². The summed E-state index contributed by atoms with van der Waals surface area (Å²) >= 11 is 0. The third-order valence-corrected chi connectivity index (χ3v) is 6.17. The third kappa shape index (κ3) is 10.3. The monoisotopic (exact) mass is 442 g/mol. The van der Waals surface area contributed by atoms with Gasteiger partial charge in [-0.25, -0.2) is 0 Å². The molecular formula is C22H46N6O3. The predicted octanol–water partition coefficient (Wildman–Crippen LogP) is -0.825. The molecule has 1 rings (SSSR count). The fraction of sp³-hybridized carbons (Fsp3) is 0.909. The number of carbonyl (C=O) groups excluding carboxylic acids is 2. The molecule has 31 heavy (non-hydrogen) atoms. The topological polar surface area (TPSA) is 73.8 Å². The summed E-state index contributed by atoms with van der Waals surface area (Å²) in [5.41, 5.74) is 0. The van der Waals surface area contributed by atoms with Crippen molar-refractivity contribution in [3.63, 3.8) is 0 Å². The Morgan fingerprint density at radius 1 is 0.774 bits per heavy atom. The third-order valence-electron chi connectivity index (χ3n) is 6.17. The molecular weight excluding hydrogens is 396 g/mol. The zero-order valence-electron chi connectivity index (χ0n) is 20.7. The van der Waals surface area contributed by atoms with Crippen LogP contribution in [0.25, 0.3) is 0 Å². The molecule has 0 aliphatic carbocycles. The molecule has 0 aromatic rings. The lowest BCUT2D eigenvalue weighted by Gasteiger charge is -2.35. The molecule has 1 atom stereocenters. The van der Waals surface area contributed by atoms with E-state index in [1.165, 1.54) is 0 Å². The van der Waals surface area contributed by atoms with Crippen LogP contribution >= 0.6 is 0 Å². The standard InChI is InChI=1S/C22H46N6O3/c1-7-25-10-9-11-27(17-21(30)23(3)4)14-15-28(18-22(31)24(5)6)20(19-29)16-26(8-2)13-12-25/h20,29H,7-19H2,1-6H3. The maximum Gasteiger partial charge on any atom is 0.236 e. The molecule has 1 unspecified atom stereocenters. The molecule has 1 fully saturated rings. The number of hydrogen-bond acceptors (Lipinski definition) is 7. The van der Waals surface area contributed by atoms with Gasteiger partial charge in [-0.2, -0.15) is 0 Å². The molecule has 9 nitrogen and oxygen atoms in total. The van der Waals surface area contributed by atoms with Gasteiger partial charge in [0.05, 0.1) is 19.7 Å². The molecule has 0 spiro atoms. The number of nitrogens with zero attached hydrogens (tertiary/aromatic N) is 6. The van der Waals surface area contributed by atoms with Gasteiger partial charge in [-0.05, 0) is 32.6 Å². The van der Waals surface area contributed by atoms with E-state index >= 15 is 0 Å². The highest BCUT2D eigenvalue weighted by Gasteiger charge is 2.25. The van der Waals surface area contributed by atoms with Gasteiger partial charge < -0.3 is 24.7 Å². The molecule has 1 N–H and O–H groups in total. The number of carbonyl (C=O) groups is 2. The van der Waals surface area contributed by atoms with E-state index in [1.807, 2.05) is 0 Å². The van der Waals surface area contributed by atoms with Crippen molar-refractivity contribution in [2.24, 2.45) is 0 Å². The van der Waals surface area contributed by atoms with Gasteiger partial charge in [0.1, 0.15) is 0 Å². The summed E-state index contributed by atoms with van der Waals surface area (Å²) in [6.07, 6.45) is 1.00. The first-order valence-corrected chi connectivity index (χ1v) is 11.6. The number of aliphatic hydroxyl groups excluding tert-OH is 1. The number of rotatable bonds is 7. The number of hydrogen-bond donors (Lipinski definition) is 1. The molecule has 0 bridgehead atoms. The van der Waals surface area contributed by atoms with Crippen LogP contribution in [-0.4, -0.2) is 159 Å². The first-order chi connectivity index (χ1) is 14.7. The largest absolute Gasteiger partial charge is 0.395 e. The van der Waals surface area contributed by atoms with Crippen LogP contribution in [0.5, 0.6) is 0 Å². The Morgan fingerprint density at radius 2 is 1.29 bits per heavy atom. The minimum atomic E-state index is -0.119. The summed E-state index contributed by atoms with van der Waals surface area (Å²) in [5, 5.41) is 10.2. The summed E-state index contributed by atoms with van der Waals surface area (Å²) in [5.74, 6) is 0.113. The average Bonchev–Trinajstić information content (AvgIpc) is 2.75. The first-order valence-electron chi connectivity index (χ1n) is 11.6. The van der Waals surface area contributed by atoms with Gasteiger partial charge in [0, 0.05) is 67.0 Å². The molecule has 182 valence electrons. The van der Waals surface area contributed by atoms with Crippen LogP contribution in [-0.2, 0) is 9.59 Å². The maximum absolute atomic E-state index is 12.5. The summed E-state index contributed by atoms with van der Waals surface area (Å²) in [6, 6.07) is -0.119. The Morgan fingerprint density at radius 3 is 1.84 bits per heavy atom. The zero-order valence-corrected chi connectivity index (χ0v) is 20.7. The molecule has 1 saturated heterocycles. The molecule has 0 aromatic heterocycles. The zero-order chi connectivity index (χ0) is 23.4. The van der Waals surface area contributed by atoms with Crippen LogP contribution in [0, 0.1) is 0 Å². The molecule has 1 aliphatic rings. The minimum Gasteiger partial charge on any atom is -0.395 e. The number of aliphatic hydroxyl groups is 1. The van der Waals surface area contributed by atoms with Crippen LogP contribution in [0.2, 0.25) is 0 Å². The molecule has 2 amide bonds. The second-order valence-electron chi connectivity index (χ2n) is 8.84. The van der Waals surface area contributed by atoms with Gasteiger partial charge in [-0.3, -0.25) is 19.4 Å². The fourth-order valence-electron chi connectivity index (χ4n) is 3.77. The Labute approximate surface area is 189 Å². The van der Waals surface area contributed by atoms with Crippen molar-refractivity contribution in [1.82, 2.24) is 29.4 Å². The van der Waals surface area contributed by atoms with E-state index in [2.05, 4.69) is 33.4 Å². The van der Waals surface area contributed by atoms with Gasteiger partial charge in [-0.1, -0.05) is 13.8 Å². The van der Waals surface area contributed by atoms with Gasteiger partial charge in [0.2, 0.25) is 11.8 Å². The van der Waals surface area contributed by atoms with Crippen LogP contribution in [0.4, 0.5) is 0 Å². The molecule has 9 heteroatoms. The van der Waals surface area contributed by atoms with Crippen LogP contribution in [0.3, 0.4) is 0 Å². The van der Waals surface area contributed by atoms with E-state index in [-0.39, 0.29) is 31.0 Å². The Kier molecular flexibility index (Phi) is 13.2. The van der Waals surface area contributed by atoms with Crippen molar-refractivity contribution in [3.05, 3.63) is 0 Å². The molecule has 1 heterocycles. The van der Waals surface area contributed by atoms with E-state index in [0.717, 1.165) is 52.2 Å². The van der Waals surface area contributed by atoms with E-state index in [1.54, 1.807) is 38.0 Å². The number of amides is 2. The van der Waals surface area contributed by atoms with E-state index in [9.17, 15) is 14.7 Å². The molecule has 0 saturated carbocycles. The molecule has 1 aliphatic heterocycles. The average molecular weight is 443 g/mol. The molecule has 0 radical (unpaired) electrons. The number of likely N-dealkylation sites (N-methyl/N-ethyl adjacent to an activating group) is 4. The summed E-state index contributed by atoms with van der Waals surface area (Å²) in [7, 11) is 7.09. The van der Waals surface area contributed by atoms with E-state index < -0.39 is 0 Å². The first kappa shape index (κ1) is 27.8. The van der Waals surface area contributed by atoms with Crippen molar-refractivity contribution in [1.29, 1.82) is 0 Å². The van der Waals surface area contributed by atoms with Crippen molar-refractivity contribution < 1.29 is 14.7 Å². The minimum absolute atomic E-state index is 0.00529. The van der Waals surface area contributed by atoms with Crippen molar-refractivity contribution in [3.8, 4) is 0 Å². The van der Waals surface area contributed by atoms with E-state index in [4.69, 9.17) is 0 Å². The van der Waals surface area contributed by atoms with Crippen LogP contribution < -0.4 is 0 Å². The second kappa shape index (κ2) is 14.7. The summed E-state index contributed by atoms with van der Waals surface area (Å²) in [4.78, 5) is 37.2. The van der Waals surface area contributed by atoms with Gasteiger partial charge in [0.15, 0.2) is 0 Å². The van der Waals surface area contributed by atoms with E-state index in [0.29, 0.717) is 19.6 Å². The summed E-state index contributed by atoms with van der Waals surface area (Å²) < 4.78 is 0. The Bertz CT molecular complexity index is 531. The van der Waals surface area contributed by atoms with Gasteiger partial charge in [0.25, 0.3) is 0 Å². The Balaban J connectivity index is 3.06. The fourth-order valence-corrected chi connectivity index (χ4v) is 3.77. The van der Waals surface area contributed by atoms with Gasteiger partial charge >= 0.3 is 0 Å². The normalized spacial score (nSPS) is 21.7. The van der Waals surface area contributed by atoms with Crippen LogP contribution in [0.1, 0.15) is 20.3 Å². The van der Waals surface area contributed by atoms with Gasteiger partial charge in [-0.15, -0.1) is 0 Å². The quantitative estimate of drug-likeness (QED) is 0.552. The SMILES string of the molecule is CCN1CCCN(CC(=O)N(C)C)CCN(CC(=O)N(C)C)C(CO)CN(CC)CC1. The smallest absolute Gasteiger partial charge is 0.236 e. The molecule has 0 aromatic carbocycles. The second-order valence-corrected chi connectivity index (χ2v) is 8.84.